The van der Waals surface area contributed by atoms with Crippen molar-refractivity contribution >= 4 is 17.4 Å². The molecule has 0 aliphatic heterocycles. The lowest BCUT2D eigenvalue weighted by molar-refractivity contribution is -0.391. The molecule has 1 rings (SSSR count). The van der Waals surface area contributed by atoms with Crippen LogP contribution in [0.1, 0.15) is 18.1 Å². The molecule has 1 heterocycles. The number of pyridine rings is 1. The Hall–Kier alpha value is -1.24. The molecule has 0 aromatic carbocycles. The van der Waals surface area contributed by atoms with E-state index in [-0.39, 0.29) is 17.9 Å². The van der Waals surface area contributed by atoms with Crippen molar-refractivity contribution in [3.05, 3.63) is 34.0 Å². The first-order chi connectivity index (χ1) is 7.57. The summed E-state index contributed by atoms with van der Waals surface area (Å²) in [6.07, 6.45) is -1.09. The predicted octanol–water partition coefficient (Wildman–Crippen LogP) is 1.01. The fourth-order valence-electron chi connectivity index (χ4n) is 1.27. The van der Waals surface area contributed by atoms with Gasteiger partial charge in [-0.2, -0.15) is 0 Å². The molecule has 2 atom stereocenters. The third-order valence-corrected chi connectivity index (χ3v) is 2.30. The highest BCUT2D eigenvalue weighted by Gasteiger charge is 2.26. The molecule has 0 saturated carbocycles. The molecule has 0 spiro atoms. The van der Waals surface area contributed by atoms with E-state index < -0.39 is 22.9 Å². The summed E-state index contributed by atoms with van der Waals surface area (Å²) in [5.41, 5.74) is -0.00915. The summed E-state index contributed by atoms with van der Waals surface area (Å²) in [7, 11) is 0. The van der Waals surface area contributed by atoms with Gasteiger partial charge in [0.05, 0.1) is 11.7 Å². The number of rotatable bonds is 5. The lowest BCUT2D eigenvalue weighted by Gasteiger charge is -2.16. The average molecular weight is 247 g/mol. The van der Waals surface area contributed by atoms with Crippen molar-refractivity contribution in [3.8, 4) is 0 Å². The van der Waals surface area contributed by atoms with Gasteiger partial charge in [0.2, 0.25) is 0 Å². The van der Waals surface area contributed by atoms with Crippen molar-refractivity contribution in [1.82, 2.24) is 4.98 Å². The Kier molecular flexibility index (Phi) is 4.60. The number of nitro groups is 1. The molecule has 6 nitrogen and oxygen atoms in total. The van der Waals surface area contributed by atoms with Gasteiger partial charge in [0.15, 0.2) is 0 Å². The average Bonchev–Trinajstić information content (AvgIpc) is 2.28. The molecule has 0 saturated heterocycles. The Morgan fingerprint density at radius 2 is 2.25 bits per heavy atom. The van der Waals surface area contributed by atoms with Gasteiger partial charge in [-0.3, -0.25) is 0 Å². The first-order valence-corrected chi connectivity index (χ1v) is 5.12. The van der Waals surface area contributed by atoms with E-state index >= 15 is 0 Å². The summed E-state index contributed by atoms with van der Waals surface area (Å²) < 4.78 is 0. The number of aliphatic hydroxyl groups is 2. The second-order valence-electron chi connectivity index (χ2n) is 3.16. The highest BCUT2D eigenvalue weighted by Crippen LogP contribution is 2.26. The van der Waals surface area contributed by atoms with E-state index in [4.69, 9.17) is 11.6 Å². The van der Waals surface area contributed by atoms with E-state index in [9.17, 15) is 20.3 Å². The zero-order chi connectivity index (χ0) is 12.1. The summed E-state index contributed by atoms with van der Waals surface area (Å²) in [5, 5.41) is 29.8. The summed E-state index contributed by atoms with van der Waals surface area (Å²) in [4.78, 5) is 13.5. The van der Waals surface area contributed by atoms with Crippen LogP contribution in [0.3, 0.4) is 0 Å². The van der Waals surface area contributed by atoms with Gasteiger partial charge in [0.1, 0.15) is 12.3 Å². The van der Waals surface area contributed by atoms with Gasteiger partial charge in [-0.15, -0.1) is 11.6 Å². The summed E-state index contributed by atoms with van der Waals surface area (Å²) in [5.74, 6) is -0.296. The Balaban J connectivity index is 2.98. The highest BCUT2D eigenvalue weighted by atomic mass is 35.5. The molecule has 88 valence electrons. The first-order valence-electron chi connectivity index (χ1n) is 4.59. The van der Waals surface area contributed by atoms with Crippen LogP contribution in [0.5, 0.6) is 0 Å². The largest absolute Gasteiger partial charge is 0.390 e. The van der Waals surface area contributed by atoms with Gasteiger partial charge < -0.3 is 20.3 Å². The fraction of sp³-hybridized carbons (Fsp3) is 0.444. The second-order valence-corrected chi connectivity index (χ2v) is 3.54. The molecule has 0 aliphatic carbocycles. The number of hydrogen-bond donors (Lipinski definition) is 2. The number of aromatic nitrogens is 1. The second kappa shape index (κ2) is 5.74. The molecule has 0 aliphatic rings. The zero-order valence-electron chi connectivity index (χ0n) is 8.28. The third kappa shape index (κ3) is 2.88. The topological polar surface area (TPSA) is 96.5 Å². The van der Waals surface area contributed by atoms with Gasteiger partial charge >= 0.3 is 5.82 Å². The SMILES string of the molecule is O=[N+]([O-])c1ncccc1C(O)C(O)CCCl. The smallest absolute Gasteiger partial charge is 0.369 e. The van der Waals surface area contributed by atoms with E-state index in [1.807, 2.05) is 0 Å². The van der Waals surface area contributed by atoms with Crippen LogP contribution in [0, 0.1) is 10.1 Å². The van der Waals surface area contributed by atoms with Crippen LogP contribution in [0.15, 0.2) is 18.3 Å². The molecule has 0 bridgehead atoms. The van der Waals surface area contributed by atoms with Gasteiger partial charge in [0, 0.05) is 5.88 Å². The van der Waals surface area contributed by atoms with Crippen molar-refractivity contribution in [2.75, 3.05) is 5.88 Å². The lowest BCUT2D eigenvalue weighted by atomic mass is 10.0. The summed E-state index contributed by atoms with van der Waals surface area (Å²) in [6, 6.07) is 2.81. The maximum absolute atomic E-state index is 10.6. The molecule has 1 aromatic rings. The first kappa shape index (κ1) is 12.8. The quantitative estimate of drug-likeness (QED) is 0.459. The molecule has 7 heteroatoms. The fourth-order valence-corrected chi connectivity index (χ4v) is 1.49. The van der Waals surface area contributed by atoms with Crippen molar-refractivity contribution in [1.29, 1.82) is 0 Å². The number of alkyl halides is 1. The minimum Gasteiger partial charge on any atom is -0.390 e. The number of halogens is 1. The van der Waals surface area contributed by atoms with Gasteiger partial charge in [-0.1, -0.05) is 0 Å². The van der Waals surface area contributed by atoms with Crippen molar-refractivity contribution in [3.63, 3.8) is 0 Å². The van der Waals surface area contributed by atoms with Gasteiger partial charge in [-0.05, 0) is 28.5 Å². The summed E-state index contributed by atoms with van der Waals surface area (Å²) in [6.45, 7) is 0. The standard InChI is InChI=1S/C9H11ClN2O4/c10-4-3-7(13)8(14)6-2-1-5-11-9(6)12(15)16/h1-2,5,7-8,13-14H,3-4H2. The molecule has 0 fully saturated rings. The Morgan fingerprint density at radius 3 is 2.81 bits per heavy atom. The maximum Gasteiger partial charge on any atom is 0.369 e. The molecular formula is C9H11ClN2O4. The highest BCUT2D eigenvalue weighted by molar-refractivity contribution is 6.17. The molecule has 2 N–H and O–H groups in total. The van der Waals surface area contributed by atoms with E-state index in [2.05, 4.69) is 4.98 Å². The summed E-state index contributed by atoms with van der Waals surface area (Å²) >= 11 is 5.41. The third-order valence-electron chi connectivity index (χ3n) is 2.08. The lowest BCUT2D eigenvalue weighted by Crippen LogP contribution is -2.20. The van der Waals surface area contributed by atoms with Gasteiger partial charge in [0.25, 0.3) is 0 Å². The van der Waals surface area contributed by atoms with E-state index in [0.29, 0.717) is 0 Å². The van der Waals surface area contributed by atoms with Crippen LogP contribution in [0.25, 0.3) is 0 Å². The minimum atomic E-state index is -1.35. The monoisotopic (exact) mass is 246 g/mol. The van der Waals surface area contributed by atoms with Crippen LogP contribution in [0.2, 0.25) is 0 Å². The van der Waals surface area contributed by atoms with Crippen LogP contribution in [-0.4, -0.2) is 32.1 Å². The normalized spacial score (nSPS) is 14.4. The van der Waals surface area contributed by atoms with E-state index in [0.717, 1.165) is 0 Å². The number of aliphatic hydroxyl groups excluding tert-OH is 2. The number of hydrogen-bond acceptors (Lipinski definition) is 5. The van der Waals surface area contributed by atoms with E-state index in [1.54, 1.807) is 0 Å². The number of nitrogens with zero attached hydrogens (tertiary/aromatic N) is 2. The van der Waals surface area contributed by atoms with Crippen LogP contribution in [-0.2, 0) is 0 Å². The minimum absolute atomic E-state index is 0.00915. The molecule has 0 radical (unpaired) electrons. The molecular weight excluding hydrogens is 236 g/mol. The van der Waals surface area contributed by atoms with Crippen molar-refractivity contribution in [2.24, 2.45) is 0 Å². The van der Waals surface area contributed by atoms with Crippen molar-refractivity contribution in [2.45, 2.75) is 18.6 Å². The van der Waals surface area contributed by atoms with Crippen LogP contribution < -0.4 is 0 Å². The van der Waals surface area contributed by atoms with Crippen molar-refractivity contribution < 1.29 is 15.1 Å². The Morgan fingerprint density at radius 1 is 1.56 bits per heavy atom. The zero-order valence-corrected chi connectivity index (χ0v) is 9.04. The molecule has 2 unspecified atom stereocenters. The van der Waals surface area contributed by atoms with Crippen LogP contribution in [0.4, 0.5) is 5.82 Å². The van der Waals surface area contributed by atoms with Gasteiger partial charge in [-0.25, -0.2) is 0 Å². The maximum atomic E-state index is 10.6. The van der Waals surface area contributed by atoms with E-state index in [1.165, 1.54) is 18.3 Å². The molecule has 0 amide bonds. The Bertz CT molecular complexity index is 374. The Labute approximate surface area is 96.7 Å². The molecule has 16 heavy (non-hydrogen) atoms. The van der Waals surface area contributed by atoms with Crippen LogP contribution >= 0.6 is 11.6 Å². The predicted molar refractivity (Wildman–Crippen MR) is 57.2 cm³/mol. The molecule has 1 aromatic heterocycles.